The number of hydrogen-bond acceptors (Lipinski definition) is 5. The van der Waals surface area contributed by atoms with Gasteiger partial charge in [-0.3, -0.25) is 4.72 Å². The van der Waals surface area contributed by atoms with E-state index in [2.05, 4.69) is 9.71 Å². The van der Waals surface area contributed by atoms with Gasteiger partial charge >= 0.3 is 0 Å². The van der Waals surface area contributed by atoms with E-state index in [-0.39, 0.29) is 15.7 Å². The van der Waals surface area contributed by atoms with E-state index in [9.17, 15) is 13.5 Å². The van der Waals surface area contributed by atoms with E-state index in [1.165, 1.54) is 30.0 Å². The summed E-state index contributed by atoms with van der Waals surface area (Å²) in [5.74, 6) is -0.362. The first-order valence-corrected chi connectivity index (χ1v) is 9.79. The van der Waals surface area contributed by atoms with E-state index in [0.29, 0.717) is 5.69 Å². The van der Waals surface area contributed by atoms with Gasteiger partial charge in [0, 0.05) is 35.0 Å². The van der Waals surface area contributed by atoms with E-state index in [0.717, 1.165) is 10.1 Å². The number of nitrogens with zero attached hydrogens (tertiary/aromatic N) is 2. The van der Waals surface area contributed by atoms with Crippen molar-refractivity contribution in [3.05, 3.63) is 59.9 Å². The fraction of sp³-hybridized carbons (Fsp3) is 0.0625. The summed E-state index contributed by atoms with van der Waals surface area (Å²) in [5.41, 5.74) is 0.378. The van der Waals surface area contributed by atoms with Crippen molar-refractivity contribution in [2.24, 2.45) is 7.05 Å². The lowest BCUT2D eigenvalue weighted by atomic mass is 10.3. The number of aryl methyl sites for hydroxylation is 1. The number of imidazole rings is 1. The topological polar surface area (TPSA) is 84.2 Å². The summed E-state index contributed by atoms with van der Waals surface area (Å²) in [5, 5.41) is 10.8. The van der Waals surface area contributed by atoms with Crippen LogP contribution in [0.1, 0.15) is 0 Å². The zero-order valence-electron chi connectivity index (χ0n) is 13.0. The van der Waals surface area contributed by atoms with E-state index >= 15 is 0 Å². The van der Waals surface area contributed by atoms with Gasteiger partial charge < -0.3 is 9.67 Å². The third kappa shape index (κ3) is 4.09. The van der Waals surface area contributed by atoms with E-state index in [1.54, 1.807) is 30.5 Å². The van der Waals surface area contributed by atoms with E-state index < -0.39 is 10.0 Å². The number of sulfonamides is 1. The predicted octanol–water partition coefficient (Wildman–Crippen LogP) is 3.73. The Balaban J connectivity index is 1.79. The van der Waals surface area contributed by atoms with Gasteiger partial charge in [0.1, 0.15) is 10.6 Å². The number of benzene rings is 2. The largest absolute Gasteiger partial charge is 0.507 e. The molecule has 0 aliphatic heterocycles. The number of nitrogens with one attached hydrogen (secondary N) is 1. The normalized spacial score (nSPS) is 11.4. The molecule has 9 heteroatoms. The van der Waals surface area contributed by atoms with Crippen LogP contribution in [0.25, 0.3) is 0 Å². The number of phenolic OH excluding ortho intramolecular Hbond substituents is 1. The highest BCUT2D eigenvalue weighted by Gasteiger charge is 2.19. The van der Waals surface area contributed by atoms with Crippen LogP contribution in [-0.4, -0.2) is 23.1 Å². The average molecular weight is 396 g/mol. The van der Waals surface area contributed by atoms with Crippen LogP contribution in [0.4, 0.5) is 5.69 Å². The van der Waals surface area contributed by atoms with Gasteiger partial charge in [0.15, 0.2) is 5.16 Å². The number of rotatable bonds is 5. The lowest BCUT2D eigenvalue weighted by molar-refractivity contribution is 0.459. The SMILES string of the molecule is Cn1ccnc1Sc1ccc(NS(=O)(=O)c2cc(Cl)ccc2O)cc1. The Bertz CT molecular complexity index is 1000. The first-order valence-electron chi connectivity index (χ1n) is 7.12. The van der Waals surface area contributed by atoms with Gasteiger partial charge in [-0.05, 0) is 42.5 Å². The summed E-state index contributed by atoms with van der Waals surface area (Å²) in [6.45, 7) is 0. The molecule has 2 N–H and O–H groups in total. The summed E-state index contributed by atoms with van der Waals surface area (Å²) in [4.78, 5) is 4.87. The van der Waals surface area contributed by atoms with Gasteiger partial charge in [0.25, 0.3) is 10.0 Å². The fourth-order valence-electron chi connectivity index (χ4n) is 2.06. The van der Waals surface area contributed by atoms with Crippen molar-refractivity contribution >= 4 is 39.1 Å². The number of anilines is 1. The first-order chi connectivity index (χ1) is 11.8. The third-order valence-corrected chi connectivity index (χ3v) is 6.03. The summed E-state index contributed by atoms with van der Waals surface area (Å²) in [6.07, 6.45) is 3.56. The molecule has 0 fully saturated rings. The van der Waals surface area contributed by atoms with Crippen LogP contribution >= 0.6 is 23.4 Å². The second-order valence-electron chi connectivity index (χ2n) is 5.16. The van der Waals surface area contributed by atoms with Crippen molar-refractivity contribution < 1.29 is 13.5 Å². The van der Waals surface area contributed by atoms with Gasteiger partial charge in [-0.25, -0.2) is 13.4 Å². The summed E-state index contributed by atoms with van der Waals surface area (Å²) in [6, 6.07) is 10.7. The molecule has 0 radical (unpaired) electrons. The van der Waals surface area contributed by atoms with E-state index in [4.69, 9.17) is 11.6 Å². The Labute approximate surface area is 154 Å². The van der Waals surface area contributed by atoms with Crippen molar-refractivity contribution in [2.75, 3.05) is 4.72 Å². The van der Waals surface area contributed by atoms with Crippen LogP contribution < -0.4 is 4.72 Å². The zero-order valence-corrected chi connectivity index (χ0v) is 15.4. The lowest BCUT2D eigenvalue weighted by Gasteiger charge is -2.10. The molecule has 6 nitrogen and oxygen atoms in total. The third-order valence-electron chi connectivity index (χ3n) is 3.30. The maximum absolute atomic E-state index is 12.4. The van der Waals surface area contributed by atoms with Gasteiger partial charge in [0.05, 0.1) is 0 Å². The number of aromatic nitrogens is 2. The van der Waals surface area contributed by atoms with Crippen LogP contribution in [0.5, 0.6) is 5.75 Å². The molecule has 0 saturated carbocycles. The maximum atomic E-state index is 12.4. The average Bonchev–Trinajstić information content (AvgIpc) is 2.96. The summed E-state index contributed by atoms with van der Waals surface area (Å²) < 4.78 is 29.1. The quantitative estimate of drug-likeness (QED) is 0.687. The van der Waals surface area contributed by atoms with E-state index in [1.807, 2.05) is 17.8 Å². The molecular weight excluding hydrogens is 382 g/mol. The Kier molecular flexibility index (Phi) is 4.94. The molecule has 25 heavy (non-hydrogen) atoms. The molecule has 0 atom stereocenters. The molecule has 3 rings (SSSR count). The fourth-order valence-corrected chi connectivity index (χ4v) is 4.28. The molecule has 0 unspecified atom stereocenters. The molecule has 2 aromatic carbocycles. The number of halogens is 1. The molecule has 130 valence electrons. The Morgan fingerprint density at radius 3 is 2.56 bits per heavy atom. The molecule has 1 heterocycles. The highest BCUT2D eigenvalue weighted by atomic mass is 35.5. The molecule has 0 saturated heterocycles. The second-order valence-corrected chi connectivity index (χ2v) is 8.29. The second kappa shape index (κ2) is 6.99. The van der Waals surface area contributed by atoms with Crippen LogP contribution in [0.3, 0.4) is 0 Å². The van der Waals surface area contributed by atoms with Crippen molar-refractivity contribution in [3.63, 3.8) is 0 Å². The highest BCUT2D eigenvalue weighted by Crippen LogP contribution is 2.30. The first kappa shape index (κ1) is 17.7. The number of aromatic hydroxyl groups is 1. The number of hydrogen-bond donors (Lipinski definition) is 2. The van der Waals surface area contributed by atoms with Gasteiger partial charge in [-0.2, -0.15) is 0 Å². The standard InChI is InChI=1S/C16H14ClN3O3S2/c1-20-9-8-18-16(20)24-13-5-3-12(4-6-13)19-25(22,23)15-10-11(17)2-7-14(15)21/h2-10,19,21H,1H3. The number of phenols is 1. The Morgan fingerprint density at radius 1 is 1.20 bits per heavy atom. The van der Waals surface area contributed by atoms with Crippen molar-refractivity contribution in [3.8, 4) is 5.75 Å². The molecule has 0 bridgehead atoms. The van der Waals surface area contributed by atoms with Gasteiger partial charge in [-0.15, -0.1) is 0 Å². The van der Waals surface area contributed by atoms with Crippen molar-refractivity contribution in [1.29, 1.82) is 0 Å². The van der Waals surface area contributed by atoms with Gasteiger partial charge in [0.2, 0.25) is 0 Å². The minimum atomic E-state index is -3.94. The maximum Gasteiger partial charge on any atom is 0.265 e. The molecule has 3 aromatic rings. The Morgan fingerprint density at radius 2 is 1.92 bits per heavy atom. The minimum absolute atomic E-state index is 0.222. The lowest BCUT2D eigenvalue weighted by Crippen LogP contribution is -2.13. The van der Waals surface area contributed by atoms with Crippen LogP contribution in [0.15, 0.2) is 69.8 Å². The molecular formula is C16H14ClN3O3S2. The molecule has 0 aliphatic rings. The Hall–Kier alpha value is -2.16. The highest BCUT2D eigenvalue weighted by molar-refractivity contribution is 7.99. The van der Waals surface area contributed by atoms with Gasteiger partial charge in [-0.1, -0.05) is 23.4 Å². The minimum Gasteiger partial charge on any atom is -0.507 e. The van der Waals surface area contributed by atoms with Crippen molar-refractivity contribution in [1.82, 2.24) is 9.55 Å². The smallest absolute Gasteiger partial charge is 0.265 e. The summed E-state index contributed by atoms with van der Waals surface area (Å²) in [7, 11) is -2.05. The van der Waals surface area contributed by atoms with Crippen LogP contribution in [0, 0.1) is 0 Å². The molecule has 1 aromatic heterocycles. The monoisotopic (exact) mass is 395 g/mol. The predicted molar refractivity (Wildman–Crippen MR) is 97.7 cm³/mol. The van der Waals surface area contributed by atoms with Crippen LogP contribution in [-0.2, 0) is 17.1 Å². The molecule has 0 spiro atoms. The van der Waals surface area contributed by atoms with Crippen LogP contribution in [0.2, 0.25) is 5.02 Å². The summed E-state index contributed by atoms with van der Waals surface area (Å²) >= 11 is 7.28. The molecule has 0 aliphatic carbocycles. The zero-order chi connectivity index (χ0) is 18.0. The van der Waals surface area contributed by atoms with Crippen molar-refractivity contribution in [2.45, 2.75) is 14.9 Å². The molecule has 0 amide bonds.